The summed E-state index contributed by atoms with van der Waals surface area (Å²) in [4.78, 5) is 20.9. The molecule has 4 heteroatoms. The molecule has 4 nitrogen and oxygen atoms in total. The van der Waals surface area contributed by atoms with Gasteiger partial charge < -0.3 is 9.84 Å². The van der Waals surface area contributed by atoms with Crippen LogP contribution in [0.25, 0.3) is 0 Å². The van der Waals surface area contributed by atoms with Crippen molar-refractivity contribution in [1.82, 2.24) is 0 Å². The molecule has 0 saturated heterocycles. The Morgan fingerprint density at radius 2 is 1.84 bits per heavy atom. The highest BCUT2D eigenvalue weighted by atomic mass is 16.6. The zero-order valence-corrected chi connectivity index (χ0v) is 12.9. The van der Waals surface area contributed by atoms with Crippen LogP contribution in [0.15, 0.2) is 12.7 Å². The third kappa shape index (κ3) is 14.6. The standard InChI is InChI=1S/C8H16O2.C7H12O2/c1-3-5-6-7(4-2)8(9)10;1-5-6(8)9-7(2,3)4/h7H,3-6H2,1-2H3,(H,9,10);5H,1H2,2-4H3. The van der Waals surface area contributed by atoms with Crippen LogP contribution in [0.4, 0.5) is 0 Å². The number of carboxylic acids is 1. The summed E-state index contributed by atoms with van der Waals surface area (Å²) in [6.07, 6.45) is 4.87. The molecule has 0 aliphatic carbocycles. The van der Waals surface area contributed by atoms with Crippen molar-refractivity contribution in [3.8, 4) is 0 Å². The molecule has 0 aliphatic rings. The minimum absolute atomic E-state index is 0.111. The third-order valence-corrected chi connectivity index (χ3v) is 2.32. The lowest BCUT2D eigenvalue weighted by Gasteiger charge is -2.17. The van der Waals surface area contributed by atoms with Gasteiger partial charge in [-0.25, -0.2) is 4.79 Å². The van der Waals surface area contributed by atoms with Crippen LogP contribution in [0, 0.1) is 5.92 Å². The summed E-state index contributed by atoms with van der Waals surface area (Å²) in [6, 6.07) is 0. The van der Waals surface area contributed by atoms with Crippen molar-refractivity contribution >= 4 is 11.9 Å². The van der Waals surface area contributed by atoms with Crippen molar-refractivity contribution in [3.05, 3.63) is 12.7 Å². The van der Waals surface area contributed by atoms with E-state index in [4.69, 9.17) is 9.84 Å². The van der Waals surface area contributed by atoms with Crippen LogP contribution in [0.3, 0.4) is 0 Å². The zero-order chi connectivity index (χ0) is 15.5. The number of hydrogen-bond donors (Lipinski definition) is 1. The van der Waals surface area contributed by atoms with Gasteiger partial charge in [-0.1, -0.05) is 33.3 Å². The van der Waals surface area contributed by atoms with Crippen LogP contribution in [-0.4, -0.2) is 22.6 Å². The van der Waals surface area contributed by atoms with E-state index in [0.717, 1.165) is 31.8 Å². The van der Waals surface area contributed by atoms with E-state index in [9.17, 15) is 9.59 Å². The van der Waals surface area contributed by atoms with Crippen LogP contribution < -0.4 is 0 Å². The molecule has 1 unspecified atom stereocenters. The van der Waals surface area contributed by atoms with E-state index in [1.807, 2.05) is 27.7 Å². The van der Waals surface area contributed by atoms with Gasteiger partial charge >= 0.3 is 11.9 Å². The molecule has 112 valence electrons. The van der Waals surface area contributed by atoms with Crippen molar-refractivity contribution in [2.24, 2.45) is 5.92 Å². The normalized spacial score (nSPS) is 11.8. The summed E-state index contributed by atoms with van der Waals surface area (Å²) in [7, 11) is 0. The monoisotopic (exact) mass is 272 g/mol. The molecule has 1 atom stereocenters. The summed E-state index contributed by atoms with van der Waals surface area (Å²) in [5.74, 6) is -1.13. The first kappa shape index (κ1) is 20.0. The van der Waals surface area contributed by atoms with E-state index >= 15 is 0 Å². The molecule has 0 saturated carbocycles. The average molecular weight is 272 g/mol. The van der Waals surface area contributed by atoms with Gasteiger partial charge in [-0.15, -0.1) is 0 Å². The molecular weight excluding hydrogens is 244 g/mol. The Labute approximate surface area is 116 Å². The maximum atomic E-state index is 10.5. The SMILES string of the molecule is C=CC(=O)OC(C)(C)C.CCCCC(CC)C(=O)O. The Kier molecular flexibility index (Phi) is 11.1. The van der Waals surface area contributed by atoms with Crippen LogP contribution in [0.1, 0.15) is 60.3 Å². The summed E-state index contributed by atoms with van der Waals surface area (Å²) in [5, 5.41) is 8.60. The second kappa shape index (κ2) is 10.6. The average Bonchev–Trinajstić information content (AvgIpc) is 2.28. The van der Waals surface area contributed by atoms with Gasteiger partial charge in [0.1, 0.15) is 5.60 Å². The first-order chi connectivity index (χ1) is 8.67. The molecule has 0 heterocycles. The van der Waals surface area contributed by atoms with E-state index in [2.05, 4.69) is 13.5 Å². The first-order valence-electron chi connectivity index (χ1n) is 6.76. The number of aliphatic carboxylic acids is 1. The molecule has 0 amide bonds. The highest BCUT2D eigenvalue weighted by molar-refractivity contribution is 5.81. The molecule has 0 radical (unpaired) electrons. The number of unbranched alkanes of at least 4 members (excludes halogenated alkanes) is 1. The minimum atomic E-state index is -0.643. The summed E-state index contributed by atoms with van der Waals surface area (Å²) in [5.41, 5.74) is -0.398. The van der Waals surface area contributed by atoms with Crippen LogP contribution in [0.5, 0.6) is 0 Å². The summed E-state index contributed by atoms with van der Waals surface area (Å²) < 4.78 is 4.83. The van der Waals surface area contributed by atoms with Crippen molar-refractivity contribution < 1.29 is 19.4 Å². The van der Waals surface area contributed by atoms with E-state index in [-0.39, 0.29) is 11.9 Å². The van der Waals surface area contributed by atoms with Gasteiger partial charge in [0.05, 0.1) is 5.92 Å². The zero-order valence-electron chi connectivity index (χ0n) is 12.9. The van der Waals surface area contributed by atoms with Crippen molar-refractivity contribution in [2.75, 3.05) is 0 Å². The highest BCUT2D eigenvalue weighted by Gasteiger charge is 2.13. The molecule has 1 N–H and O–H groups in total. The molecule has 0 spiro atoms. The molecular formula is C15H28O4. The maximum Gasteiger partial charge on any atom is 0.330 e. The van der Waals surface area contributed by atoms with Crippen molar-refractivity contribution in [3.63, 3.8) is 0 Å². The quantitative estimate of drug-likeness (QED) is 0.590. The number of rotatable bonds is 6. The van der Waals surface area contributed by atoms with Crippen LogP contribution >= 0.6 is 0 Å². The van der Waals surface area contributed by atoms with Gasteiger partial charge in [0.2, 0.25) is 0 Å². The second-order valence-electron chi connectivity index (χ2n) is 5.32. The lowest BCUT2D eigenvalue weighted by molar-refractivity contribution is -0.148. The van der Waals surface area contributed by atoms with Gasteiger partial charge in [0.15, 0.2) is 0 Å². The number of carboxylic acid groups (broad SMARTS) is 1. The molecule has 0 aromatic carbocycles. The first-order valence-corrected chi connectivity index (χ1v) is 6.76. The Hall–Kier alpha value is -1.32. The van der Waals surface area contributed by atoms with Gasteiger partial charge in [-0.3, -0.25) is 4.79 Å². The fourth-order valence-corrected chi connectivity index (χ4v) is 1.30. The number of ether oxygens (including phenoxy) is 1. The van der Waals surface area contributed by atoms with E-state index < -0.39 is 11.6 Å². The highest BCUT2D eigenvalue weighted by Crippen LogP contribution is 2.11. The van der Waals surface area contributed by atoms with E-state index in [1.54, 1.807) is 0 Å². The van der Waals surface area contributed by atoms with E-state index in [1.165, 1.54) is 0 Å². The largest absolute Gasteiger partial charge is 0.481 e. The lowest BCUT2D eigenvalue weighted by atomic mass is 10.00. The molecule has 0 aromatic rings. The van der Waals surface area contributed by atoms with Gasteiger partial charge in [0.25, 0.3) is 0 Å². The Morgan fingerprint density at radius 1 is 1.32 bits per heavy atom. The Balaban J connectivity index is 0. The molecule has 0 aliphatic heterocycles. The molecule has 0 bridgehead atoms. The number of esters is 1. The topological polar surface area (TPSA) is 63.6 Å². The number of carbonyl (C=O) groups is 2. The van der Waals surface area contributed by atoms with E-state index in [0.29, 0.717) is 0 Å². The fourth-order valence-electron chi connectivity index (χ4n) is 1.30. The minimum Gasteiger partial charge on any atom is -0.481 e. The fraction of sp³-hybridized carbons (Fsp3) is 0.733. The van der Waals surface area contributed by atoms with Crippen LogP contribution in [0.2, 0.25) is 0 Å². The Morgan fingerprint density at radius 3 is 2.05 bits per heavy atom. The third-order valence-electron chi connectivity index (χ3n) is 2.32. The predicted octanol–water partition coefficient (Wildman–Crippen LogP) is 3.80. The lowest BCUT2D eigenvalue weighted by Crippen LogP contribution is -2.22. The molecule has 19 heavy (non-hydrogen) atoms. The maximum absolute atomic E-state index is 10.5. The van der Waals surface area contributed by atoms with Gasteiger partial charge in [-0.05, 0) is 33.6 Å². The second-order valence-corrected chi connectivity index (χ2v) is 5.32. The van der Waals surface area contributed by atoms with Crippen molar-refractivity contribution in [2.45, 2.75) is 65.9 Å². The van der Waals surface area contributed by atoms with Crippen molar-refractivity contribution in [1.29, 1.82) is 0 Å². The summed E-state index contributed by atoms with van der Waals surface area (Å²) >= 11 is 0. The smallest absolute Gasteiger partial charge is 0.330 e. The predicted molar refractivity (Wildman–Crippen MR) is 77.0 cm³/mol. The summed E-state index contributed by atoms with van der Waals surface area (Å²) in [6.45, 7) is 12.7. The van der Waals surface area contributed by atoms with Gasteiger partial charge in [-0.2, -0.15) is 0 Å². The van der Waals surface area contributed by atoms with Crippen LogP contribution in [-0.2, 0) is 14.3 Å². The Bertz CT molecular complexity index is 276. The molecule has 0 fully saturated rings. The molecule has 0 aromatic heterocycles. The molecule has 0 rings (SSSR count). The number of hydrogen-bond acceptors (Lipinski definition) is 3. The van der Waals surface area contributed by atoms with Gasteiger partial charge in [0, 0.05) is 6.08 Å². The number of carbonyl (C=O) groups excluding carboxylic acids is 1.